The lowest BCUT2D eigenvalue weighted by atomic mass is 10.2. The highest BCUT2D eigenvalue weighted by molar-refractivity contribution is 7.21. The van der Waals surface area contributed by atoms with E-state index < -0.39 is 0 Å². The van der Waals surface area contributed by atoms with Crippen molar-refractivity contribution < 1.29 is 9.53 Å². The first-order valence-electron chi connectivity index (χ1n) is 11.6. The molecule has 11 heteroatoms. The van der Waals surface area contributed by atoms with Gasteiger partial charge in [0.15, 0.2) is 5.13 Å². The molecule has 0 spiro atoms. The minimum absolute atomic E-state index is 0.0472. The third-order valence-corrected chi connectivity index (χ3v) is 6.76. The third-order valence-electron chi connectivity index (χ3n) is 5.88. The standard InChI is InChI=1S/C24H28N8O2S/c1-15(2)34-14-22(33)32-10-8-31(9-11-32)17-6-7-25-21(12-17)29-24-28-20-5-4-19(27-23(20)35-24)18-13-26-30-16(18)3/h4-7,12-13,15H,8-11,14H2,1-3H3,(H,26,30)(H,25,28,29). The van der Waals surface area contributed by atoms with Crippen LogP contribution in [0.5, 0.6) is 0 Å². The van der Waals surface area contributed by atoms with E-state index in [9.17, 15) is 4.79 Å². The number of rotatable bonds is 7. The van der Waals surface area contributed by atoms with Crippen LogP contribution in [-0.2, 0) is 9.53 Å². The molecule has 5 heterocycles. The monoisotopic (exact) mass is 492 g/mol. The summed E-state index contributed by atoms with van der Waals surface area (Å²) in [4.78, 5) is 31.2. The average Bonchev–Trinajstić information content (AvgIpc) is 3.47. The molecule has 0 bridgehead atoms. The Kier molecular flexibility index (Phi) is 6.60. The summed E-state index contributed by atoms with van der Waals surface area (Å²) in [6, 6.07) is 7.94. The first-order chi connectivity index (χ1) is 17.0. The van der Waals surface area contributed by atoms with Crippen molar-refractivity contribution in [2.24, 2.45) is 0 Å². The number of hydrogen-bond donors (Lipinski definition) is 2. The number of carbonyl (C=O) groups excluding carboxylic acids is 1. The number of nitrogens with one attached hydrogen (secondary N) is 2. The fourth-order valence-electron chi connectivity index (χ4n) is 3.97. The number of H-pyrrole nitrogens is 1. The van der Waals surface area contributed by atoms with Crippen LogP contribution in [0.25, 0.3) is 21.6 Å². The Labute approximate surface area is 207 Å². The van der Waals surface area contributed by atoms with Crippen LogP contribution in [0, 0.1) is 6.92 Å². The molecule has 0 aliphatic carbocycles. The molecule has 0 unspecified atom stereocenters. The summed E-state index contributed by atoms with van der Waals surface area (Å²) in [6.07, 6.45) is 3.63. The molecule has 5 rings (SSSR count). The molecule has 1 aliphatic rings. The number of piperazine rings is 1. The van der Waals surface area contributed by atoms with Crippen LogP contribution >= 0.6 is 11.3 Å². The van der Waals surface area contributed by atoms with Gasteiger partial charge in [0.2, 0.25) is 5.91 Å². The molecule has 2 N–H and O–H groups in total. The molecule has 10 nitrogen and oxygen atoms in total. The quantitative estimate of drug-likeness (QED) is 0.402. The van der Waals surface area contributed by atoms with Gasteiger partial charge in [0.25, 0.3) is 0 Å². The zero-order chi connectivity index (χ0) is 24.4. The molecule has 0 radical (unpaired) electrons. The van der Waals surface area contributed by atoms with Crippen molar-refractivity contribution in [1.29, 1.82) is 0 Å². The number of aryl methyl sites for hydroxylation is 1. The Morgan fingerprint density at radius 2 is 2.03 bits per heavy atom. The molecular weight excluding hydrogens is 464 g/mol. The van der Waals surface area contributed by atoms with Crippen LogP contribution in [0.4, 0.5) is 16.6 Å². The Balaban J connectivity index is 1.24. The van der Waals surface area contributed by atoms with E-state index >= 15 is 0 Å². The molecule has 0 atom stereocenters. The Morgan fingerprint density at radius 1 is 1.20 bits per heavy atom. The second kappa shape index (κ2) is 9.96. The van der Waals surface area contributed by atoms with E-state index in [1.54, 1.807) is 12.4 Å². The van der Waals surface area contributed by atoms with Gasteiger partial charge in [0, 0.05) is 55.4 Å². The largest absolute Gasteiger partial charge is 0.369 e. The highest BCUT2D eigenvalue weighted by Gasteiger charge is 2.22. The van der Waals surface area contributed by atoms with Crippen molar-refractivity contribution in [3.05, 3.63) is 42.4 Å². The van der Waals surface area contributed by atoms with Crippen LogP contribution in [0.1, 0.15) is 19.5 Å². The van der Waals surface area contributed by atoms with Crippen LogP contribution < -0.4 is 10.2 Å². The highest BCUT2D eigenvalue weighted by atomic mass is 32.1. The number of hydrogen-bond acceptors (Lipinski definition) is 9. The lowest BCUT2D eigenvalue weighted by Crippen LogP contribution is -2.50. The molecule has 1 aliphatic heterocycles. The van der Waals surface area contributed by atoms with E-state index in [4.69, 9.17) is 9.72 Å². The Morgan fingerprint density at radius 3 is 2.77 bits per heavy atom. The predicted molar refractivity (Wildman–Crippen MR) is 137 cm³/mol. The van der Waals surface area contributed by atoms with Crippen molar-refractivity contribution in [3.8, 4) is 11.3 Å². The van der Waals surface area contributed by atoms with Gasteiger partial charge < -0.3 is 19.9 Å². The van der Waals surface area contributed by atoms with Gasteiger partial charge >= 0.3 is 0 Å². The number of aromatic amines is 1. The number of thiazole rings is 1. The first kappa shape index (κ1) is 23.2. The molecule has 182 valence electrons. The predicted octanol–water partition coefficient (Wildman–Crippen LogP) is 3.60. The molecule has 4 aromatic heterocycles. The van der Waals surface area contributed by atoms with Crippen molar-refractivity contribution in [3.63, 3.8) is 0 Å². The number of carbonyl (C=O) groups is 1. The molecule has 1 fully saturated rings. The lowest BCUT2D eigenvalue weighted by Gasteiger charge is -2.36. The number of aromatic nitrogens is 5. The van der Waals surface area contributed by atoms with Gasteiger partial charge in [-0.05, 0) is 39.0 Å². The SMILES string of the molecule is Cc1[nH]ncc1-c1ccc2nc(Nc3cc(N4CCN(C(=O)COC(C)C)CC4)ccn3)sc2n1. The molecule has 4 aromatic rings. The van der Waals surface area contributed by atoms with E-state index in [-0.39, 0.29) is 18.6 Å². The van der Waals surface area contributed by atoms with Gasteiger partial charge in [0.1, 0.15) is 22.8 Å². The second-order valence-corrected chi connectivity index (χ2v) is 9.68. The minimum Gasteiger partial charge on any atom is -0.369 e. The Bertz CT molecular complexity index is 1330. The molecule has 0 aromatic carbocycles. The summed E-state index contributed by atoms with van der Waals surface area (Å²) in [5.74, 6) is 0.766. The maximum atomic E-state index is 12.3. The van der Waals surface area contributed by atoms with Gasteiger partial charge in [0.05, 0.1) is 18.0 Å². The number of anilines is 3. The van der Waals surface area contributed by atoms with Gasteiger partial charge in [-0.2, -0.15) is 5.10 Å². The van der Waals surface area contributed by atoms with Gasteiger partial charge in [-0.3, -0.25) is 9.89 Å². The number of nitrogens with zero attached hydrogens (tertiary/aromatic N) is 6. The number of ether oxygens (including phenoxy) is 1. The van der Waals surface area contributed by atoms with Crippen molar-refractivity contribution in [2.45, 2.75) is 26.9 Å². The van der Waals surface area contributed by atoms with E-state index in [0.717, 1.165) is 57.0 Å². The number of pyridine rings is 2. The Hall–Kier alpha value is -3.57. The maximum Gasteiger partial charge on any atom is 0.248 e. The van der Waals surface area contributed by atoms with E-state index in [2.05, 4.69) is 30.4 Å². The van der Waals surface area contributed by atoms with Crippen LogP contribution in [0.2, 0.25) is 0 Å². The fraction of sp³-hybridized carbons (Fsp3) is 0.375. The van der Waals surface area contributed by atoms with E-state index in [0.29, 0.717) is 13.1 Å². The summed E-state index contributed by atoms with van der Waals surface area (Å²) < 4.78 is 5.46. The number of amides is 1. The second-order valence-electron chi connectivity index (χ2n) is 8.70. The topological polar surface area (TPSA) is 112 Å². The van der Waals surface area contributed by atoms with Gasteiger partial charge in [-0.15, -0.1) is 0 Å². The van der Waals surface area contributed by atoms with Crippen molar-refractivity contribution in [1.82, 2.24) is 30.0 Å². The highest BCUT2D eigenvalue weighted by Crippen LogP contribution is 2.30. The molecule has 0 saturated carbocycles. The zero-order valence-electron chi connectivity index (χ0n) is 20.0. The van der Waals surface area contributed by atoms with E-state index in [1.165, 1.54) is 11.3 Å². The summed E-state index contributed by atoms with van der Waals surface area (Å²) in [6.45, 7) is 8.86. The van der Waals surface area contributed by atoms with Crippen molar-refractivity contribution in [2.75, 3.05) is 43.0 Å². The zero-order valence-corrected chi connectivity index (χ0v) is 20.8. The molecular formula is C24H28N8O2S. The van der Waals surface area contributed by atoms with Gasteiger partial charge in [-0.25, -0.2) is 15.0 Å². The summed E-state index contributed by atoms with van der Waals surface area (Å²) in [7, 11) is 0. The maximum absolute atomic E-state index is 12.3. The fourth-order valence-corrected chi connectivity index (χ4v) is 4.81. The van der Waals surface area contributed by atoms with Gasteiger partial charge in [-0.1, -0.05) is 11.3 Å². The third kappa shape index (κ3) is 5.25. The number of fused-ring (bicyclic) bond motifs is 1. The van der Waals surface area contributed by atoms with Crippen LogP contribution in [-0.4, -0.2) is 74.8 Å². The molecule has 1 saturated heterocycles. The summed E-state index contributed by atoms with van der Waals surface area (Å²) in [5, 5.41) is 11.1. The first-order valence-corrected chi connectivity index (χ1v) is 12.4. The van der Waals surface area contributed by atoms with Crippen LogP contribution in [0.15, 0.2) is 36.7 Å². The smallest absolute Gasteiger partial charge is 0.248 e. The normalized spacial score (nSPS) is 14.2. The minimum atomic E-state index is 0.0472. The summed E-state index contributed by atoms with van der Waals surface area (Å²) in [5.41, 5.74) is 4.73. The average molecular weight is 493 g/mol. The summed E-state index contributed by atoms with van der Waals surface area (Å²) >= 11 is 1.49. The lowest BCUT2D eigenvalue weighted by molar-refractivity contribution is -0.137. The van der Waals surface area contributed by atoms with Crippen LogP contribution in [0.3, 0.4) is 0 Å². The van der Waals surface area contributed by atoms with Crippen molar-refractivity contribution >= 4 is 44.2 Å². The van der Waals surface area contributed by atoms with E-state index in [1.807, 2.05) is 49.9 Å². The molecule has 35 heavy (non-hydrogen) atoms. The molecule has 1 amide bonds.